The van der Waals surface area contributed by atoms with Gasteiger partial charge in [0.1, 0.15) is 5.75 Å². The first-order chi connectivity index (χ1) is 11.2. The molecule has 1 aromatic rings. The highest BCUT2D eigenvalue weighted by Crippen LogP contribution is 2.37. The van der Waals surface area contributed by atoms with E-state index in [9.17, 15) is 0 Å². The first-order valence-corrected chi connectivity index (χ1v) is 9.03. The highest BCUT2D eigenvalue weighted by molar-refractivity contribution is 7.80. The molecule has 4 nitrogen and oxygen atoms in total. The fourth-order valence-electron chi connectivity index (χ4n) is 3.98. The zero-order valence-electron chi connectivity index (χ0n) is 14.0. The average molecular weight is 334 g/mol. The maximum Gasteiger partial charge on any atom is 0.170 e. The molecule has 1 aromatic carbocycles. The van der Waals surface area contributed by atoms with Crippen molar-refractivity contribution in [1.82, 2.24) is 10.2 Å². The highest BCUT2D eigenvalue weighted by atomic mass is 32.1. The second-order valence-electron chi connectivity index (χ2n) is 6.67. The zero-order chi connectivity index (χ0) is 16.2. The van der Waals surface area contributed by atoms with Gasteiger partial charge in [-0.15, -0.1) is 0 Å². The number of hydrogen-bond acceptors (Lipinski definition) is 3. The Morgan fingerprint density at radius 1 is 1.35 bits per heavy atom. The van der Waals surface area contributed by atoms with Crippen LogP contribution in [0.25, 0.3) is 0 Å². The Bertz CT molecular complexity index is 534. The van der Waals surface area contributed by atoms with Crippen LogP contribution in [0.3, 0.4) is 0 Å². The van der Waals surface area contributed by atoms with Gasteiger partial charge in [0.05, 0.1) is 7.11 Å². The van der Waals surface area contributed by atoms with Crippen molar-refractivity contribution >= 4 is 23.0 Å². The van der Waals surface area contributed by atoms with E-state index in [-0.39, 0.29) is 0 Å². The molecule has 3 heterocycles. The lowest BCUT2D eigenvalue weighted by Crippen LogP contribution is -2.56. The molecule has 4 atom stereocenters. The van der Waals surface area contributed by atoms with Crippen molar-refractivity contribution in [3.63, 3.8) is 0 Å². The maximum atomic E-state index is 5.43. The van der Waals surface area contributed by atoms with Crippen LogP contribution in [0.15, 0.2) is 24.3 Å². The molecule has 0 aliphatic carbocycles. The molecule has 3 saturated heterocycles. The summed E-state index contributed by atoms with van der Waals surface area (Å²) < 4.78 is 5.17. The lowest BCUT2D eigenvalue weighted by molar-refractivity contribution is 0.00212. The van der Waals surface area contributed by atoms with Gasteiger partial charge < -0.3 is 15.4 Å². The van der Waals surface area contributed by atoms with Crippen molar-refractivity contribution < 1.29 is 4.74 Å². The smallest absolute Gasteiger partial charge is 0.170 e. The van der Waals surface area contributed by atoms with Crippen LogP contribution in [0.5, 0.6) is 5.75 Å². The molecule has 0 saturated carbocycles. The Labute approximate surface area is 144 Å². The van der Waals surface area contributed by atoms with Crippen LogP contribution in [0.1, 0.15) is 26.2 Å². The molecule has 0 spiro atoms. The summed E-state index contributed by atoms with van der Waals surface area (Å²) >= 11 is 5.43. The van der Waals surface area contributed by atoms with E-state index >= 15 is 0 Å². The minimum absolute atomic E-state index is 0.632. The molecular weight excluding hydrogens is 306 g/mol. The number of nitrogens with one attached hydrogen (secondary N) is 2. The summed E-state index contributed by atoms with van der Waals surface area (Å²) in [5.74, 6) is 2.68. The number of methoxy groups -OCH3 is 1. The van der Waals surface area contributed by atoms with Crippen LogP contribution in [-0.2, 0) is 0 Å². The van der Waals surface area contributed by atoms with Crippen molar-refractivity contribution in [3.8, 4) is 5.75 Å². The van der Waals surface area contributed by atoms with Gasteiger partial charge in [0, 0.05) is 24.8 Å². The summed E-state index contributed by atoms with van der Waals surface area (Å²) in [4.78, 5) is 2.65. The normalized spacial score (nSPS) is 29.1. The average Bonchev–Trinajstić information content (AvgIpc) is 2.61. The van der Waals surface area contributed by atoms with Gasteiger partial charge in [0.2, 0.25) is 0 Å². The number of ether oxygens (including phenoxy) is 1. The minimum Gasteiger partial charge on any atom is -0.497 e. The summed E-state index contributed by atoms with van der Waals surface area (Å²) in [5, 5.41) is 7.34. The predicted molar refractivity (Wildman–Crippen MR) is 99.1 cm³/mol. The SMILES string of the molecule is CC[C@H]1CN2CC[C@H]1C[C@@H]2CNC(=S)Nc1ccc(OC)cc1. The first-order valence-electron chi connectivity index (χ1n) is 8.62. The standard InChI is InChI=1S/C18H27N3OS/c1-3-13-12-21-9-8-14(13)10-16(21)11-19-18(23)20-15-4-6-17(22-2)7-5-15/h4-7,13-14,16H,3,8-12H2,1-2H3,(H2,19,20,23)/t13-,14-,16+/m0/s1. The number of thiocarbonyl (C=S) groups is 1. The van der Waals surface area contributed by atoms with Crippen molar-refractivity contribution in [1.29, 1.82) is 0 Å². The summed E-state index contributed by atoms with van der Waals surface area (Å²) in [6.07, 6.45) is 4.01. The quantitative estimate of drug-likeness (QED) is 0.810. The van der Waals surface area contributed by atoms with Crippen LogP contribution in [0.4, 0.5) is 5.69 Å². The molecule has 0 amide bonds. The van der Waals surface area contributed by atoms with Gasteiger partial charge in [-0.05, 0) is 67.7 Å². The van der Waals surface area contributed by atoms with E-state index in [1.165, 1.54) is 32.4 Å². The number of benzene rings is 1. The molecule has 3 aliphatic rings. The third-order valence-electron chi connectivity index (χ3n) is 5.38. The second-order valence-corrected chi connectivity index (χ2v) is 7.07. The van der Waals surface area contributed by atoms with Crippen molar-refractivity contribution in [2.24, 2.45) is 11.8 Å². The van der Waals surface area contributed by atoms with E-state index in [0.29, 0.717) is 11.2 Å². The molecule has 0 radical (unpaired) electrons. The number of anilines is 1. The molecule has 126 valence electrons. The summed E-state index contributed by atoms with van der Waals surface area (Å²) in [6.45, 7) is 5.79. The van der Waals surface area contributed by atoms with E-state index in [4.69, 9.17) is 17.0 Å². The van der Waals surface area contributed by atoms with Crippen LogP contribution >= 0.6 is 12.2 Å². The summed E-state index contributed by atoms with van der Waals surface area (Å²) in [7, 11) is 1.67. The van der Waals surface area contributed by atoms with Crippen LogP contribution in [0.2, 0.25) is 0 Å². The largest absolute Gasteiger partial charge is 0.497 e. The Morgan fingerprint density at radius 2 is 2.13 bits per heavy atom. The van der Waals surface area contributed by atoms with Gasteiger partial charge in [0.15, 0.2) is 5.11 Å². The van der Waals surface area contributed by atoms with Gasteiger partial charge in [-0.2, -0.15) is 0 Å². The van der Waals surface area contributed by atoms with Gasteiger partial charge >= 0.3 is 0 Å². The molecule has 5 heteroatoms. The van der Waals surface area contributed by atoms with Crippen molar-refractivity contribution in [2.45, 2.75) is 32.2 Å². The predicted octanol–water partition coefficient (Wildman–Crippen LogP) is 3.10. The highest BCUT2D eigenvalue weighted by Gasteiger charge is 2.38. The number of fused-ring (bicyclic) bond motifs is 3. The van der Waals surface area contributed by atoms with E-state index in [1.54, 1.807) is 7.11 Å². The van der Waals surface area contributed by atoms with Crippen LogP contribution in [0, 0.1) is 11.8 Å². The first kappa shape index (κ1) is 16.5. The van der Waals surface area contributed by atoms with Crippen LogP contribution in [-0.4, -0.2) is 42.8 Å². The molecule has 3 aliphatic heterocycles. The van der Waals surface area contributed by atoms with Gasteiger partial charge in [-0.3, -0.25) is 4.90 Å². The van der Waals surface area contributed by atoms with E-state index in [0.717, 1.165) is 29.8 Å². The molecule has 2 bridgehead atoms. The van der Waals surface area contributed by atoms with Gasteiger partial charge in [-0.25, -0.2) is 0 Å². The van der Waals surface area contributed by atoms with Crippen molar-refractivity contribution in [2.75, 3.05) is 32.1 Å². The molecule has 3 fully saturated rings. The Kier molecular flexibility index (Phi) is 5.38. The number of hydrogen-bond donors (Lipinski definition) is 2. The topological polar surface area (TPSA) is 36.5 Å². The molecule has 0 aromatic heterocycles. The van der Waals surface area contributed by atoms with Crippen LogP contribution < -0.4 is 15.4 Å². The molecule has 4 rings (SSSR count). The molecule has 1 unspecified atom stereocenters. The number of rotatable bonds is 5. The zero-order valence-corrected chi connectivity index (χ0v) is 14.9. The second kappa shape index (κ2) is 7.49. The number of piperidine rings is 3. The van der Waals surface area contributed by atoms with E-state index in [1.807, 2.05) is 24.3 Å². The summed E-state index contributed by atoms with van der Waals surface area (Å²) in [5.41, 5.74) is 0.986. The monoisotopic (exact) mass is 333 g/mol. The fraction of sp³-hybridized carbons (Fsp3) is 0.611. The lowest BCUT2D eigenvalue weighted by atomic mass is 9.74. The Morgan fingerprint density at radius 3 is 2.74 bits per heavy atom. The van der Waals surface area contributed by atoms with E-state index < -0.39 is 0 Å². The van der Waals surface area contributed by atoms with E-state index in [2.05, 4.69) is 22.5 Å². The number of nitrogens with zero attached hydrogens (tertiary/aromatic N) is 1. The van der Waals surface area contributed by atoms with Gasteiger partial charge in [0.25, 0.3) is 0 Å². The lowest BCUT2D eigenvalue weighted by Gasteiger charge is -2.50. The van der Waals surface area contributed by atoms with Gasteiger partial charge in [-0.1, -0.05) is 13.3 Å². The maximum absolute atomic E-state index is 5.43. The summed E-state index contributed by atoms with van der Waals surface area (Å²) in [6, 6.07) is 8.45. The Balaban J connectivity index is 1.46. The molecule has 23 heavy (non-hydrogen) atoms. The molecule has 2 N–H and O–H groups in total. The Hall–Kier alpha value is -1.33. The third-order valence-corrected chi connectivity index (χ3v) is 5.63. The minimum atomic E-state index is 0.632. The molecular formula is C18H27N3OS. The van der Waals surface area contributed by atoms with Crippen molar-refractivity contribution in [3.05, 3.63) is 24.3 Å². The third kappa shape index (κ3) is 3.96. The fourth-order valence-corrected chi connectivity index (χ4v) is 4.19.